The number of benzene rings is 15. The van der Waals surface area contributed by atoms with E-state index in [0.29, 0.717) is 0 Å². The van der Waals surface area contributed by atoms with Crippen molar-refractivity contribution in [1.29, 1.82) is 0 Å². The van der Waals surface area contributed by atoms with E-state index in [9.17, 15) is 0 Å². The van der Waals surface area contributed by atoms with Crippen LogP contribution < -0.4 is 68.6 Å². The number of rotatable bonds is 19. The molecule has 0 aliphatic heterocycles. The Kier molecular flexibility index (Phi) is 19.0. The predicted octanol–water partition coefficient (Wildman–Crippen LogP) is 20.4. The minimum atomic E-state index is -2.87. The van der Waals surface area contributed by atoms with E-state index < -0.39 is 28.2 Å². The van der Waals surface area contributed by atoms with Gasteiger partial charge in [0, 0.05) is 75.0 Å². The number of nitrogens with zero attached hydrogens (tertiary/aromatic N) is 5. The first kappa shape index (κ1) is 64.0. The fourth-order valence-corrected chi connectivity index (χ4v) is 27.6. The van der Waals surface area contributed by atoms with Gasteiger partial charge in [-0.2, -0.15) is 0 Å². The second kappa shape index (κ2) is 29.4. The molecule has 0 aromatic heterocycles. The molecule has 0 aliphatic rings. The lowest BCUT2D eigenvalue weighted by atomic mass is 10.1. The highest BCUT2D eigenvalue weighted by atomic mass is 31.2. The first-order chi connectivity index (χ1) is 49.0. The van der Waals surface area contributed by atoms with E-state index in [2.05, 4.69) is 436 Å². The number of hydrogen-bond donors (Lipinski definition) is 0. The molecule has 0 fully saturated rings. The third-order valence-electron chi connectivity index (χ3n) is 18.0. The quantitative estimate of drug-likeness (QED) is 0.0745. The Hall–Kier alpha value is -11.0. The van der Waals surface area contributed by atoms with Crippen molar-refractivity contribution in [3.63, 3.8) is 0 Å². The maximum atomic E-state index is 6.34. The lowest BCUT2D eigenvalue weighted by Gasteiger charge is -2.30. The van der Waals surface area contributed by atoms with Crippen LogP contribution in [0.4, 0.5) is 39.8 Å². The van der Waals surface area contributed by atoms with Crippen molar-refractivity contribution in [1.82, 2.24) is 0 Å². The lowest BCUT2D eigenvalue weighted by molar-refractivity contribution is 1.27. The van der Waals surface area contributed by atoms with Crippen LogP contribution in [0.1, 0.15) is 0 Å². The molecule has 5 nitrogen and oxygen atoms in total. The summed E-state index contributed by atoms with van der Waals surface area (Å²) in [6.07, 6.45) is 0. The third-order valence-corrected chi connectivity index (χ3v) is 32.7. The largest absolute Gasteiger partial charge is 0.310 e. The van der Waals surface area contributed by atoms with E-state index in [1.807, 2.05) is 0 Å². The standard InChI is InChI=1S/C90H71N5P4/c1-13-37-79(38-14-1)96(80-39-15-2-16-40-80,81-41-17-3-18-42-81)91-72-61-65-76(66-62-72)95(77-67-63-73(64-68-77)92-97(82-43-19-4-20-44-82,83-45-21-5-22-46-83)84-47-23-6-24-48-84)78-70-74(93-98(85-49-25-7-26-50-85,86-51-27-8-28-52-86)87-53-29-9-30-54-87)69-75(71-78)94-99(88-55-31-10-32-56-88,89-57-33-11-34-58-89)90-59-35-12-36-60-90/h1-71H. The molecule has 0 saturated heterocycles. The zero-order valence-corrected chi connectivity index (χ0v) is 58.1. The first-order valence-corrected chi connectivity index (χ1v) is 40.3. The molecule has 9 heteroatoms. The van der Waals surface area contributed by atoms with E-state index in [0.717, 1.165) is 71.6 Å². The molecule has 0 aliphatic carbocycles. The molecular weight excluding hydrogens is 1270 g/mol. The lowest BCUT2D eigenvalue weighted by Crippen LogP contribution is -2.25. The molecule has 0 unspecified atom stereocenters. The van der Waals surface area contributed by atoms with Crippen LogP contribution in [0.2, 0.25) is 0 Å². The van der Waals surface area contributed by atoms with Gasteiger partial charge in [-0.25, -0.2) is 0 Å². The molecule has 0 N–H and O–H groups in total. The van der Waals surface area contributed by atoms with E-state index in [-0.39, 0.29) is 0 Å². The summed E-state index contributed by atoms with van der Waals surface area (Å²) in [4.78, 5) is 2.37. The van der Waals surface area contributed by atoms with Crippen molar-refractivity contribution in [2.75, 3.05) is 4.90 Å². The summed E-state index contributed by atoms with van der Waals surface area (Å²) in [5.41, 5.74) is 6.04. The van der Waals surface area contributed by atoms with Crippen molar-refractivity contribution < 1.29 is 0 Å². The van der Waals surface area contributed by atoms with Gasteiger partial charge in [-0.05, 0) is 66.7 Å². The Morgan fingerprint density at radius 1 is 0.141 bits per heavy atom. The summed E-state index contributed by atoms with van der Waals surface area (Å²) in [6.45, 7) is 0. The molecule has 476 valence electrons. The summed E-state index contributed by atoms with van der Waals surface area (Å²) in [5.74, 6) is 0. The molecule has 0 heterocycles. The van der Waals surface area contributed by atoms with E-state index in [1.54, 1.807) is 0 Å². The molecule has 0 atom stereocenters. The van der Waals surface area contributed by atoms with Gasteiger partial charge in [0.05, 0.1) is 56.7 Å². The predicted molar refractivity (Wildman–Crippen MR) is 430 cm³/mol. The van der Waals surface area contributed by atoms with E-state index >= 15 is 0 Å². The minimum Gasteiger partial charge on any atom is -0.310 e. The molecule has 0 bridgehead atoms. The van der Waals surface area contributed by atoms with Crippen LogP contribution in [-0.2, 0) is 0 Å². The number of anilines is 3. The van der Waals surface area contributed by atoms with E-state index in [1.165, 1.54) is 31.8 Å². The van der Waals surface area contributed by atoms with Gasteiger partial charge in [-0.15, -0.1) is 0 Å². The monoisotopic (exact) mass is 1350 g/mol. The minimum absolute atomic E-state index is 0.790. The normalized spacial score (nSPS) is 11.6. The van der Waals surface area contributed by atoms with Gasteiger partial charge in [0.2, 0.25) is 0 Å². The van der Waals surface area contributed by atoms with Crippen LogP contribution in [0.3, 0.4) is 0 Å². The summed E-state index contributed by atoms with van der Waals surface area (Å²) in [5, 5.41) is 13.9. The Labute approximate surface area is 582 Å². The zero-order valence-electron chi connectivity index (χ0n) is 54.5. The molecule has 15 aromatic carbocycles. The van der Waals surface area contributed by atoms with Gasteiger partial charge in [-0.1, -0.05) is 364 Å². The summed E-state index contributed by atoms with van der Waals surface area (Å²) in [7, 11) is -11.0. The highest BCUT2D eigenvalue weighted by Gasteiger charge is 2.33. The van der Waals surface area contributed by atoms with Crippen LogP contribution in [0, 0.1) is 0 Å². The van der Waals surface area contributed by atoms with Crippen LogP contribution in [0.5, 0.6) is 0 Å². The SMILES string of the molecule is c1ccc(P(=Nc2ccc(N(c3ccc(N=P(c4ccccc4)(c4ccccc4)c4ccccc4)cc3)c3cc(N=P(c4ccccc4)(c4ccccc4)c4ccccc4)cc(N=P(c4ccccc4)(c4ccccc4)c4ccccc4)c3)cc2)(c2ccccc2)c2ccccc2)cc1. The van der Waals surface area contributed by atoms with Crippen molar-refractivity contribution in [3.05, 3.63) is 431 Å². The first-order valence-electron chi connectivity index (χ1n) is 33.4. The maximum Gasteiger partial charge on any atom is 0.0667 e. The molecule has 99 heavy (non-hydrogen) atoms. The van der Waals surface area contributed by atoms with Crippen molar-refractivity contribution in [2.24, 2.45) is 19.0 Å². The van der Waals surface area contributed by atoms with Crippen molar-refractivity contribution in [3.8, 4) is 0 Å². The van der Waals surface area contributed by atoms with Gasteiger partial charge in [0.25, 0.3) is 0 Å². The van der Waals surface area contributed by atoms with Gasteiger partial charge < -0.3 is 4.90 Å². The molecule has 0 spiro atoms. The second-order valence-electron chi connectivity index (χ2n) is 24.0. The fraction of sp³-hybridized carbons (Fsp3) is 0. The van der Waals surface area contributed by atoms with Crippen LogP contribution in [0.15, 0.2) is 450 Å². The van der Waals surface area contributed by atoms with Gasteiger partial charge in [0.1, 0.15) is 0 Å². The Morgan fingerprint density at radius 2 is 0.293 bits per heavy atom. The van der Waals surface area contributed by atoms with Crippen LogP contribution >= 0.6 is 28.2 Å². The van der Waals surface area contributed by atoms with Gasteiger partial charge >= 0.3 is 0 Å². The van der Waals surface area contributed by atoms with Crippen LogP contribution in [-0.4, -0.2) is 0 Å². The highest BCUT2D eigenvalue weighted by molar-refractivity contribution is 7.89. The van der Waals surface area contributed by atoms with E-state index in [4.69, 9.17) is 19.0 Å². The van der Waals surface area contributed by atoms with Gasteiger partial charge in [-0.3, -0.25) is 19.0 Å². The fourth-order valence-electron chi connectivity index (χ4n) is 13.5. The van der Waals surface area contributed by atoms with Crippen molar-refractivity contribution in [2.45, 2.75) is 0 Å². The third kappa shape index (κ3) is 12.9. The molecule has 15 aromatic rings. The Balaban J connectivity index is 1.04. The van der Waals surface area contributed by atoms with Crippen molar-refractivity contribution >= 4 is 132 Å². The van der Waals surface area contributed by atoms with Crippen LogP contribution in [0.25, 0.3) is 0 Å². The molecule has 0 radical (unpaired) electrons. The van der Waals surface area contributed by atoms with Gasteiger partial charge in [0.15, 0.2) is 0 Å². The smallest absolute Gasteiger partial charge is 0.0667 e. The molecule has 0 saturated carbocycles. The average Bonchev–Trinajstić information content (AvgIpc) is 0.771. The maximum absolute atomic E-state index is 6.34. The zero-order chi connectivity index (χ0) is 66.6. The Morgan fingerprint density at radius 3 is 0.455 bits per heavy atom. The molecule has 15 rings (SSSR count). The topological polar surface area (TPSA) is 52.7 Å². The highest BCUT2D eigenvalue weighted by Crippen LogP contribution is 2.56. The number of hydrogen-bond acceptors (Lipinski definition) is 5. The second-order valence-corrected chi connectivity index (χ2v) is 36.1. The molecular formula is C90H71N5P4. The summed E-state index contributed by atoms with van der Waals surface area (Å²) in [6, 6.07) is 155. The average molecular weight is 1350 g/mol. The Bertz CT molecular complexity index is 4640. The molecule has 0 amide bonds. The summed E-state index contributed by atoms with van der Waals surface area (Å²) < 4.78 is 24.7. The summed E-state index contributed by atoms with van der Waals surface area (Å²) >= 11 is 0.